The molecule has 3 rings (SSSR count). The Morgan fingerprint density at radius 1 is 1.27 bits per heavy atom. The molecule has 0 aliphatic rings. The van der Waals surface area contributed by atoms with Crippen molar-refractivity contribution < 1.29 is 14.0 Å². The third-order valence-corrected chi connectivity index (χ3v) is 5.02. The van der Waals surface area contributed by atoms with E-state index in [4.69, 9.17) is 6.42 Å². The number of halogens is 1. The van der Waals surface area contributed by atoms with Gasteiger partial charge in [-0.3, -0.25) is 19.1 Å². The van der Waals surface area contributed by atoms with Crippen LogP contribution in [0.5, 0.6) is 0 Å². The zero-order valence-corrected chi connectivity index (χ0v) is 17.2. The number of imidazole rings is 1. The second kappa shape index (κ2) is 9.29. The molecule has 152 valence electrons. The summed E-state index contributed by atoms with van der Waals surface area (Å²) in [5, 5.41) is 3.09. The first-order valence-electron chi connectivity index (χ1n) is 8.95. The van der Waals surface area contributed by atoms with E-state index in [-0.39, 0.29) is 24.0 Å². The van der Waals surface area contributed by atoms with Crippen LogP contribution in [0.1, 0.15) is 16.1 Å². The molecule has 2 aromatic carbocycles. The van der Waals surface area contributed by atoms with E-state index in [2.05, 4.69) is 16.2 Å². The Hall–Kier alpha value is -3.57. The lowest BCUT2D eigenvalue weighted by molar-refractivity contribution is -0.119. The maximum absolute atomic E-state index is 13.5. The van der Waals surface area contributed by atoms with Gasteiger partial charge >= 0.3 is 0 Å². The largest absolute Gasteiger partial charge is 0.358 e. The minimum absolute atomic E-state index is 0.202. The highest BCUT2D eigenvalue weighted by molar-refractivity contribution is 7.98. The molecule has 0 atom stereocenters. The van der Waals surface area contributed by atoms with Gasteiger partial charge in [-0.15, -0.1) is 6.42 Å². The number of carbonyl (C=O) groups is 2. The van der Waals surface area contributed by atoms with Gasteiger partial charge in [0.15, 0.2) is 5.16 Å². The molecule has 0 aliphatic heterocycles. The summed E-state index contributed by atoms with van der Waals surface area (Å²) in [4.78, 5) is 31.3. The molecule has 0 spiro atoms. The molecule has 2 amide bonds. The quantitative estimate of drug-likeness (QED) is 0.490. The van der Waals surface area contributed by atoms with Crippen molar-refractivity contribution in [3.05, 3.63) is 71.8 Å². The molecule has 3 aromatic rings. The Labute approximate surface area is 178 Å². The number of carbonyl (C=O) groups excluding carboxylic acids is 2. The lowest BCUT2D eigenvalue weighted by Crippen LogP contribution is -2.40. The Balaban J connectivity index is 2.11. The molecule has 0 radical (unpaired) electrons. The van der Waals surface area contributed by atoms with Gasteiger partial charge in [0.25, 0.3) is 5.91 Å². The highest BCUT2D eigenvalue weighted by atomic mass is 32.2. The summed E-state index contributed by atoms with van der Waals surface area (Å²) >= 11 is 1.35. The van der Waals surface area contributed by atoms with Crippen LogP contribution in [0.2, 0.25) is 0 Å². The summed E-state index contributed by atoms with van der Waals surface area (Å²) in [7, 11) is 1.50. The van der Waals surface area contributed by atoms with Crippen LogP contribution in [0.4, 0.5) is 10.1 Å². The SMILES string of the molecule is C#Cc1cccc(N(CC(=O)NC)C(=O)c2cnc(SC)n2-c2ccc(F)cc2)c1. The monoisotopic (exact) mass is 422 g/mol. The van der Waals surface area contributed by atoms with Gasteiger partial charge in [-0.05, 0) is 48.7 Å². The summed E-state index contributed by atoms with van der Waals surface area (Å²) in [5.41, 5.74) is 1.88. The number of aromatic nitrogens is 2. The summed E-state index contributed by atoms with van der Waals surface area (Å²) in [6, 6.07) is 12.6. The maximum atomic E-state index is 13.5. The molecule has 0 saturated carbocycles. The van der Waals surface area contributed by atoms with E-state index in [1.54, 1.807) is 41.0 Å². The molecule has 0 fully saturated rings. The number of rotatable bonds is 6. The van der Waals surface area contributed by atoms with E-state index in [0.29, 0.717) is 22.1 Å². The third kappa shape index (κ3) is 4.36. The molecule has 0 aliphatic carbocycles. The first-order valence-corrected chi connectivity index (χ1v) is 10.2. The first kappa shape index (κ1) is 21.1. The fourth-order valence-electron chi connectivity index (χ4n) is 2.87. The van der Waals surface area contributed by atoms with E-state index in [0.717, 1.165) is 0 Å². The standard InChI is InChI=1S/C22H19FN4O2S/c1-4-15-6-5-7-18(12-15)26(14-20(28)24-2)21(29)19-13-25-22(30-3)27(19)17-10-8-16(23)9-11-17/h1,5-13H,14H2,2-3H3,(H,24,28). The van der Waals surface area contributed by atoms with Gasteiger partial charge in [0.2, 0.25) is 5.91 Å². The van der Waals surface area contributed by atoms with Crippen LogP contribution in [0.15, 0.2) is 59.9 Å². The Kier molecular flexibility index (Phi) is 6.54. The second-order valence-corrected chi connectivity index (χ2v) is 6.97. The zero-order chi connectivity index (χ0) is 21.7. The van der Waals surface area contributed by atoms with Crippen molar-refractivity contribution in [3.8, 4) is 18.0 Å². The molecular formula is C22H19FN4O2S. The molecule has 30 heavy (non-hydrogen) atoms. The molecule has 0 bridgehead atoms. The molecule has 6 nitrogen and oxygen atoms in total. The van der Waals surface area contributed by atoms with Crippen molar-refractivity contribution in [1.29, 1.82) is 0 Å². The smallest absolute Gasteiger partial charge is 0.277 e. The third-order valence-electron chi connectivity index (χ3n) is 4.37. The number of terminal acetylenes is 1. The second-order valence-electron chi connectivity index (χ2n) is 6.20. The number of likely N-dealkylation sites (N-methyl/N-ethyl adjacent to an activating group) is 1. The number of benzene rings is 2. The molecule has 0 unspecified atom stereocenters. The molecule has 1 heterocycles. The molecule has 1 N–H and O–H groups in total. The molecule has 8 heteroatoms. The van der Waals surface area contributed by atoms with Gasteiger partial charge in [0.05, 0.1) is 6.20 Å². The lowest BCUT2D eigenvalue weighted by Gasteiger charge is -2.23. The van der Waals surface area contributed by atoms with E-state index in [1.165, 1.54) is 42.0 Å². The molecular weight excluding hydrogens is 403 g/mol. The van der Waals surface area contributed by atoms with E-state index >= 15 is 0 Å². The first-order chi connectivity index (χ1) is 14.5. The predicted molar refractivity (Wildman–Crippen MR) is 115 cm³/mol. The van der Waals surface area contributed by atoms with Crippen LogP contribution in [-0.2, 0) is 4.79 Å². The number of thioether (sulfide) groups is 1. The van der Waals surface area contributed by atoms with E-state index in [1.807, 2.05) is 6.26 Å². The average Bonchev–Trinajstić information content (AvgIpc) is 3.21. The van der Waals surface area contributed by atoms with Gasteiger partial charge < -0.3 is 5.32 Å². The fourth-order valence-corrected chi connectivity index (χ4v) is 3.42. The normalized spacial score (nSPS) is 10.3. The zero-order valence-electron chi connectivity index (χ0n) is 16.4. The van der Waals surface area contributed by atoms with Crippen LogP contribution in [-0.4, -0.2) is 41.2 Å². The Bertz CT molecular complexity index is 1120. The minimum Gasteiger partial charge on any atom is -0.358 e. The number of hydrogen-bond donors (Lipinski definition) is 1. The summed E-state index contributed by atoms with van der Waals surface area (Å²) < 4.78 is 15.0. The minimum atomic E-state index is -0.440. The number of anilines is 1. The van der Waals surface area contributed by atoms with Gasteiger partial charge in [-0.1, -0.05) is 23.7 Å². The van der Waals surface area contributed by atoms with Crippen LogP contribution >= 0.6 is 11.8 Å². The summed E-state index contributed by atoms with van der Waals surface area (Å²) in [5.74, 6) is 1.36. The fraction of sp³-hybridized carbons (Fsp3) is 0.136. The Morgan fingerprint density at radius 2 is 2.00 bits per heavy atom. The van der Waals surface area contributed by atoms with Gasteiger partial charge in [0, 0.05) is 24.0 Å². The van der Waals surface area contributed by atoms with E-state index in [9.17, 15) is 14.0 Å². The Morgan fingerprint density at radius 3 is 2.63 bits per heavy atom. The topological polar surface area (TPSA) is 67.2 Å². The predicted octanol–water partition coefficient (Wildman–Crippen LogP) is 3.11. The number of amides is 2. The lowest BCUT2D eigenvalue weighted by atomic mass is 10.2. The van der Waals surface area contributed by atoms with Crippen molar-refractivity contribution in [2.24, 2.45) is 0 Å². The summed E-state index contributed by atoms with van der Waals surface area (Å²) in [6.07, 6.45) is 8.76. The van der Waals surface area contributed by atoms with Gasteiger partial charge in [-0.25, -0.2) is 9.37 Å². The number of nitrogens with one attached hydrogen (secondary N) is 1. The highest BCUT2D eigenvalue weighted by Gasteiger charge is 2.26. The number of nitrogens with zero attached hydrogens (tertiary/aromatic N) is 3. The molecule has 1 aromatic heterocycles. The van der Waals surface area contributed by atoms with Crippen molar-refractivity contribution in [1.82, 2.24) is 14.9 Å². The van der Waals surface area contributed by atoms with Crippen LogP contribution in [0.3, 0.4) is 0 Å². The molecule has 0 saturated heterocycles. The van der Waals surface area contributed by atoms with Crippen LogP contribution in [0, 0.1) is 18.2 Å². The van der Waals surface area contributed by atoms with E-state index < -0.39 is 5.91 Å². The van der Waals surface area contributed by atoms with Crippen molar-refractivity contribution >= 4 is 29.3 Å². The van der Waals surface area contributed by atoms with Crippen molar-refractivity contribution in [3.63, 3.8) is 0 Å². The number of hydrogen-bond acceptors (Lipinski definition) is 4. The van der Waals surface area contributed by atoms with Crippen molar-refractivity contribution in [2.45, 2.75) is 5.16 Å². The summed E-state index contributed by atoms with van der Waals surface area (Å²) in [6.45, 7) is -0.202. The van der Waals surface area contributed by atoms with Gasteiger partial charge in [0.1, 0.15) is 18.1 Å². The van der Waals surface area contributed by atoms with Crippen LogP contribution < -0.4 is 10.2 Å². The average molecular weight is 422 g/mol. The van der Waals surface area contributed by atoms with Crippen LogP contribution in [0.25, 0.3) is 5.69 Å². The van der Waals surface area contributed by atoms with Crippen molar-refractivity contribution in [2.75, 3.05) is 24.7 Å². The van der Waals surface area contributed by atoms with Gasteiger partial charge in [-0.2, -0.15) is 0 Å². The highest BCUT2D eigenvalue weighted by Crippen LogP contribution is 2.25. The maximum Gasteiger partial charge on any atom is 0.277 e.